The summed E-state index contributed by atoms with van der Waals surface area (Å²) in [5, 5.41) is 20.4. The minimum atomic E-state index is -1.26. The predicted octanol–water partition coefficient (Wildman–Crippen LogP) is 4.21. The van der Waals surface area contributed by atoms with E-state index in [1.165, 1.54) is 16.7 Å². The van der Waals surface area contributed by atoms with E-state index in [-0.39, 0.29) is 11.4 Å². The van der Waals surface area contributed by atoms with E-state index in [4.69, 9.17) is 19.9 Å². The second-order valence-corrected chi connectivity index (χ2v) is 8.83. The first-order valence-electron chi connectivity index (χ1n) is 11.2. The van der Waals surface area contributed by atoms with Crippen LogP contribution >= 0.6 is 11.8 Å². The minimum absolute atomic E-state index is 0.137. The number of nitrogens with one attached hydrogen (secondary N) is 1. The van der Waals surface area contributed by atoms with Gasteiger partial charge >= 0.3 is 11.9 Å². The average molecular weight is 493 g/mol. The lowest BCUT2D eigenvalue weighted by molar-refractivity contribution is -0.134. The van der Waals surface area contributed by atoms with Gasteiger partial charge in [-0.15, -0.1) is 0 Å². The topological polar surface area (TPSA) is 109 Å². The van der Waals surface area contributed by atoms with Crippen molar-refractivity contribution in [3.63, 3.8) is 0 Å². The van der Waals surface area contributed by atoms with E-state index < -0.39 is 11.9 Å². The lowest BCUT2D eigenvalue weighted by Gasteiger charge is -2.31. The molecule has 2 atom stereocenters. The summed E-state index contributed by atoms with van der Waals surface area (Å²) in [6.45, 7) is 2.55. The molecule has 0 aliphatic carbocycles. The van der Waals surface area contributed by atoms with Gasteiger partial charge in [0.25, 0.3) is 0 Å². The fourth-order valence-electron chi connectivity index (χ4n) is 3.52. The van der Waals surface area contributed by atoms with Crippen LogP contribution in [0.3, 0.4) is 0 Å². The Kier molecular flexibility index (Phi) is 10.5. The Bertz CT molecular complexity index is 1090. The number of rotatable bonds is 8. The van der Waals surface area contributed by atoms with Crippen molar-refractivity contribution in [2.45, 2.75) is 22.8 Å². The van der Waals surface area contributed by atoms with Crippen LogP contribution in [-0.4, -0.2) is 52.9 Å². The monoisotopic (exact) mass is 492 g/mol. The highest BCUT2D eigenvalue weighted by atomic mass is 32.2. The molecule has 2 aromatic carbocycles. The smallest absolute Gasteiger partial charge is 0.328 e. The maximum Gasteiger partial charge on any atom is 0.328 e. The maximum absolute atomic E-state index is 9.55. The van der Waals surface area contributed by atoms with Crippen molar-refractivity contribution in [2.24, 2.45) is 0 Å². The standard InChI is InChI=1S/C23H24N2OS.C4H4O4/c1-3-8-18(9-4-1)16-20-12-7-13-25-23(20)27-22(19-10-5-2-6-11-19)21-17-24-14-15-26-21;5-3(6)1-2-4(7)8/h1-13,21-22,24H,14-17H2;1-2H,(H,5,6)(H,7,8)/t21-,22-;/m0./s1. The Labute approximate surface area is 208 Å². The molecular formula is C27H28N2O5S. The first kappa shape index (κ1) is 26.2. The summed E-state index contributed by atoms with van der Waals surface area (Å²) in [6.07, 6.45) is 4.03. The molecule has 2 heterocycles. The number of nitrogens with zero attached hydrogens (tertiary/aromatic N) is 1. The Morgan fingerprint density at radius 3 is 2.26 bits per heavy atom. The van der Waals surface area contributed by atoms with Gasteiger partial charge in [0.15, 0.2) is 0 Å². The van der Waals surface area contributed by atoms with E-state index in [0.717, 1.165) is 31.1 Å². The number of hydrogen-bond donors (Lipinski definition) is 3. The fourth-order valence-corrected chi connectivity index (χ4v) is 4.80. The van der Waals surface area contributed by atoms with E-state index in [9.17, 15) is 9.59 Å². The molecule has 3 aromatic rings. The SMILES string of the molecule is O=C(O)C=CC(=O)O.c1ccc(Cc2cccnc2S[C@@H](c2ccccc2)[C@@H]2CNCCO2)cc1. The van der Waals surface area contributed by atoms with Gasteiger partial charge in [-0.1, -0.05) is 78.5 Å². The van der Waals surface area contributed by atoms with Crippen LogP contribution in [0.5, 0.6) is 0 Å². The number of ether oxygens (including phenoxy) is 1. The molecule has 3 N–H and O–H groups in total. The molecule has 0 bridgehead atoms. The normalized spacial score (nSPS) is 16.2. The predicted molar refractivity (Wildman–Crippen MR) is 136 cm³/mol. The number of morpholine rings is 1. The highest BCUT2D eigenvalue weighted by molar-refractivity contribution is 7.99. The van der Waals surface area contributed by atoms with Crippen molar-refractivity contribution >= 4 is 23.7 Å². The van der Waals surface area contributed by atoms with Gasteiger partial charge < -0.3 is 20.3 Å². The van der Waals surface area contributed by atoms with Crippen LogP contribution in [0.2, 0.25) is 0 Å². The van der Waals surface area contributed by atoms with E-state index in [1.807, 2.05) is 24.0 Å². The molecule has 35 heavy (non-hydrogen) atoms. The zero-order valence-corrected chi connectivity index (χ0v) is 19.9. The molecule has 1 saturated heterocycles. The average Bonchev–Trinajstić information content (AvgIpc) is 2.89. The Morgan fingerprint density at radius 1 is 1.00 bits per heavy atom. The maximum atomic E-state index is 9.55. The number of thioether (sulfide) groups is 1. The number of carbonyl (C=O) groups is 2. The van der Waals surface area contributed by atoms with Gasteiger partial charge in [-0.3, -0.25) is 0 Å². The quantitative estimate of drug-likeness (QED) is 0.317. The minimum Gasteiger partial charge on any atom is -0.478 e. The number of carboxylic acids is 2. The number of carboxylic acid groups (broad SMARTS) is 2. The summed E-state index contributed by atoms with van der Waals surface area (Å²) in [5.74, 6) is -2.51. The molecule has 1 fully saturated rings. The second kappa shape index (κ2) is 14.1. The summed E-state index contributed by atoms with van der Waals surface area (Å²) in [4.78, 5) is 23.8. The molecule has 0 unspecified atom stereocenters. The first-order valence-corrected chi connectivity index (χ1v) is 12.1. The van der Waals surface area contributed by atoms with Gasteiger partial charge in [0.2, 0.25) is 0 Å². The van der Waals surface area contributed by atoms with E-state index in [0.29, 0.717) is 12.2 Å². The van der Waals surface area contributed by atoms with Gasteiger partial charge in [0.1, 0.15) is 5.03 Å². The van der Waals surface area contributed by atoms with Gasteiger partial charge in [0.05, 0.1) is 18.0 Å². The summed E-state index contributed by atoms with van der Waals surface area (Å²) in [5.41, 5.74) is 3.85. The van der Waals surface area contributed by atoms with Crippen LogP contribution in [0.4, 0.5) is 0 Å². The molecule has 1 aromatic heterocycles. The van der Waals surface area contributed by atoms with Gasteiger partial charge in [0, 0.05) is 37.9 Å². The Hall–Kier alpha value is -3.46. The van der Waals surface area contributed by atoms with E-state index in [1.54, 1.807) is 0 Å². The molecular weight excluding hydrogens is 464 g/mol. The third-order valence-corrected chi connectivity index (χ3v) is 6.54. The number of hydrogen-bond acceptors (Lipinski definition) is 6. The Balaban J connectivity index is 0.000000371. The lowest BCUT2D eigenvalue weighted by Crippen LogP contribution is -2.41. The van der Waals surface area contributed by atoms with Crippen molar-refractivity contribution in [1.82, 2.24) is 10.3 Å². The fraction of sp³-hybridized carbons (Fsp3) is 0.222. The van der Waals surface area contributed by atoms with Gasteiger partial charge in [-0.05, 0) is 22.8 Å². The van der Waals surface area contributed by atoms with Crippen LogP contribution in [0.15, 0.2) is 96.2 Å². The summed E-state index contributed by atoms with van der Waals surface area (Å²) in [6, 6.07) is 25.4. The lowest BCUT2D eigenvalue weighted by atomic mass is 10.1. The molecule has 1 aliphatic rings. The molecule has 0 spiro atoms. The third-order valence-electron chi connectivity index (χ3n) is 5.12. The van der Waals surface area contributed by atoms with Gasteiger partial charge in [-0.2, -0.15) is 0 Å². The molecule has 182 valence electrons. The van der Waals surface area contributed by atoms with Crippen molar-refractivity contribution in [3.05, 3.63) is 108 Å². The summed E-state index contributed by atoms with van der Waals surface area (Å²) < 4.78 is 6.11. The van der Waals surface area contributed by atoms with E-state index in [2.05, 4.69) is 72.0 Å². The first-order chi connectivity index (χ1) is 17.0. The highest BCUT2D eigenvalue weighted by Crippen LogP contribution is 2.40. The molecule has 1 aliphatic heterocycles. The van der Waals surface area contributed by atoms with Crippen molar-refractivity contribution in [2.75, 3.05) is 19.7 Å². The van der Waals surface area contributed by atoms with Crippen molar-refractivity contribution in [1.29, 1.82) is 0 Å². The number of aliphatic carboxylic acids is 2. The van der Waals surface area contributed by atoms with Crippen molar-refractivity contribution < 1.29 is 24.5 Å². The number of aromatic nitrogens is 1. The van der Waals surface area contributed by atoms with Crippen LogP contribution in [0.25, 0.3) is 0 Å². The summed E-state index contributed by atoms with van der Waals surface area (Å²) >= 11 is 1.82. The van der Waals surface area contributed by atoms with Crippen LogP contribution < -0.4 is 5.32 Å². The Morgan fingerprint density at radius 2 is 1.66 bits per heavy atom. The third kappa shape index (κ3) is 9.01. The van der Waals surface area contributed by atoms with Crippen molar-refractivity contribution in [3.8, 4) is 0 Å². The van der Waals surface area contributed by atoms with Crippen LogP contribution in [-0.2, 0) is 20.7 Å². The molecule has 0 radical (unpaired) electrons. The second-order valence-electron chi connectivity index (χ2n) is 7.70. The highest BCUT2D eigenvalue weighted by Gasteiger charge is 2.28. The summed E-state index contributed by atoms with van der Waals surface area (Å²) in [7, 11) is 0. The molecule has 0 amide bonds. The molecule has 0 saturated carbocycles. The van der Waals surface area contributed by atoms with Crippen LogP contribution in [0, 0.1) is 0 Å². The molecule has 8 heteroatoms. The zero-order chi connectivity index (χ0) is 24.9. The molecule has 7 nitrogen and oxygen atoms in total. The molecule has 4 rings (SSSR count). The number of pyridine rings is 1. The zero-order valence-electron chi connectivity index (χ0n) is 19.1. The largest absolute Gasteiger partial charge is 0.478 e. The van der Waals surface area contributed by atoms with E-state index >= 15 is 0 Å². The van der Waals surface area contributed by atoms with Gasteiger partial charge in [-0.25, -0.2) is 14.6 Å². The number of benzene rings is 2. The van der Waals surface area contributed by atoms with Crippen LogP contribution in [0.1, 0.15) is 21.9 Å².